The number of pyridine rings is 1. The first kappa shape index (κ1) is 7.74. The van der Waals surface area contributed by atoms with Crippen molar-refractivity contribution in [2.75, 3.05) is 0 Å². The topological polar surface area (TPSA) is 38.9 Å². The number of aromatic nitrogens is 1. The SMILES string of the molecule is NC(Cc1cccnc1)C1CC1. The maximum atomic E-state index is 5.98. The van der Waals surface area contributed by atoms with E-state index in [1.54, 1.807) is 6.20 Å². The molecule has 0 saturated heterocycles. The molecule has 1 fully saturated rings. The molecule has 0 bridgehead atoms. The van der Waals surface area contributed by atoms with E-state index in [4.69, 9.17) is 5.73 Å². The van der Waals surface area contributed by atoms with Gasteiger partial charge in [0.2, 0.25) is 0 Å². The fraction of sp³-hybridized carbons (Fsp3) is 0.500. The van der Waals surface area contributed by atoms with Gasteiger partial charge in [0.05, 0.1) is 0 Å². The lowest BCUT2D eigenvalue weighted by Crippen LogP contribution is -2.24. The highest BCUT2D eigenvalue weighted by atomic mass is 14.7. The van der Waals surface area contributed by atoms with Crippen LogP contribution >= 0.6 is 0 Å². The lowest BCUT2D eigenvalue weighted by Gasteiger charge is -2.08. The molecule has 1 unspecified atom stereocenters. The van der Waals surface area contributed by atoms with Gasteiger partial charge < -0.3 is 5.73 Å². The zero-order valence-electron chi connectivity index (χ0n) is 7.11. The van der Waals surface area contributed by atoms with E-state index in [1.807, 2.05) is 12.3 Å². The van der Waals surface area contributed by atoms with Crippen molar-refractivity contribution in [2.24, 2.45) is 11.7 Å². The van der Waals surface area contributed by atoms with Crippen LogP contribution in [0.4, 0.5) is 0 Å². The first-order valence-corrected chi connectivity index (χ1v) is 4.51. The molecule has 1 aliphatic rings. The predicted molar refractivity (Wildman–Crippen MR) is 48.6 cm³/mol. The molecule has 0 radical (unpaired) electrons. The Morgan fingerprint density at radius 2 is 2.42 bits per heavy atom. The minimum Gasteiger partial charge on any atom is -0.327 e. The fourth-order valence-corrected chi connectivity index (χ4v) is 1.48. The Bertz CT molecular complexity index is 241. The van der Waals surface area contributed by atoms with Crippen LogP contribution in [0.3, 0.4) is 0 Å². The summed E-state index contributed by atoms with van der Waals surface area (Å²) in [5, 5.41) is 0. The van der Waals surface area contributed by atoms with E-state index < -0.39 is 0 Å². The molecule has 2 nitrogen and oxygen atoms in total. The molecule has 2 heteroatoms. The standard InChI is InChI=1S/C10H14N2/c11-10(9-3-4-9)6-8-2-1-5-12-7-8/h1-2,5,7,9-10H,3-4,6,11H2. The van der Waals surface area contributed by atoms with Gasteiger partial charge in [-0.1, -0.05) is 6.07 Å². The normalized spacial score (nSPS) is 19.1. The molecule has 1 aromatic rings. The van der Waals surface area contributed by atoms with Crippen molar-refractivity contribution in [1.82, 2.24) is 4.98 Å². The van der Waals surface area contributed by atoms with Crippen molar-refractivity contribution >= 4 is 0 Å². The molecule has 0 amide bonds. The van der Waals surface area contributed by atoms with Crippen molar-refractivity contribution in [2.45, 2.75) is 25.3 Å². The summed E-state index contributed by atoms with van der Waals surface area (Å²) in [5.41, 5.74) is 7.24. The van der Waals surface area contributed by atoms with Crippen LogP contribution in [0.15, 0.2) is 24.5 Å². The van der Waals surface area contributed by atoms with Crippen LogP contribution in [0.1, 0.15) is 18.4 Å². The van der Waals surface area contributed by atoms with E-state index in [-0.39, 0.29) is 0 Å². The molecule has 2 rings (SSSR count). The van der Waals surface area contributed by atoms with Gasteiger partial charge in [0.25, 0.3) is 0 Å². The molecule has 2 N–H and O–H groups in total. The third-order valence-corrected chi connectivity index (χ3v) is 2.42. The van der Waals surface area contributed by atoms with Crippen LogP contribution in [-0.4, -0.2) is 11.0 Å². The van der Waals surface area contributed by atoms with Crippen molar-refractivity contribution in [3.05, 3.63) is 30.1 Å². The average Bonchev–Trinajstić information content (AvgIpc) is 2.88. The number of nitrogens with zero attached hydrogens (tertiary/aromatic N) is 1. The van der Waals surface area contributed by atoms with Crippen LogP contribution in [-0.2, 0) is 6.42 Å². The largest absolute Gasteiger partial charge is 0.327 e. The molecule has 0 aliphatic heterocycles. The summed E-state index contributed by atoms with van der Waals surface area (Å²) in [4.78, 5) is 4.06. The molecular formula is C10H14N2. The van der Waals surface area contributed by atoms with Gasteiger partial charge in [0, 0.05) is 18.4 Å². The van der Waals surface area contributed by atoms with Crippen LogP contribution in [0.5, 0.6) is 0 Å². The molecule has 1 heterocycles. The Labute approximate surface area is 72.8 Å². The highest BCUT2D eigenvalue weighted by Crippen LogP contribution is 2.32. The predicted octanol–water partition coefficient (Wildman–Crippen LogP) is 1.36. The highest BCUT2D eigenvalue weighted by Gasteiger charge is 2.28. The number of nitrogens with two attached hydrogens (primary N) is 1. The van der Waals surface area contributed by atoms with E-state index in [0.29, 0.717) is 6.04 Å². The molecule has 1 aromatic heterocycles. The number of hydrogen-bond donors (Lipinski definition) is 1. The monoisotopic (exact) mass is 162 g/mol. The summed E-state index contributed by atoms with van der Waals surface area (Å²) in [5.74, 6) is 0.783. The van der Waals surface area contributed by atoms with Gasteiger partial charge in [0.15, 0.2) is 0 Å². The van der Waals surface area contributed by atoms with Gasteiger partial charge in [-0.15, -0.1) is 0 Å². The Hall–Kier alpha value is -0.890. The van der Waals surface area contributed by atoms with Crippen molar-refractivity contribution in [1.29, 1.82) is 0 Å². The van der Waals surface area contributed by atoms with Gasteiger partial charge in [0.1, 0.15) is 0 Å². The van der Waals surface area contributed by atoms with Gasteiger partial charge in [-0.3, -0.25) is 4.98 Å². The summed E-state index contributed by atoms with van der Waals surface area (Å²) < 4.78 is 0. The third-order valence-electron chi connectivity index (χ3n) is 2.42. The Morgan fingerprint density at radius 3 is 3.00 bits per heavy atom. The quantitative estimate of drug-likeness (QED) is 0.729. The Kier molecular flexibility index (Phi) is 2.09. The highest BCUT2D eigenvalue weighted by molar-refractivity contribution is 5.11. The molecule has 0 aromatic carbocycles. The fourth-order valence-electron chi connectivity index (χ4n) is 1.48. The van der Waals surface area contributed by atoms with Gasteiger partial charge in [-0.25, -0.2) is 0 Å². The number of hydrogen-bond acceptors (Lipinski definition) is 2. The van der Waals surface area contributed by atoms with Crippen LogP contribution in [0.25, 0.3) is 0 Å². The molecule has 12 heavy (non-hydrogen) atoms. The molecule has 1 saturated carbocycles. The molecular weight excluding hydrogens is 148 g/mol. The molecule has 1 aliphatic carbocycles. The van der Waals surface area contributed by atoms with Crippen LogP contribution in [0, 0.1) is 5.92 Å². The third kappa shape index (κ3) is 1.83. The van der Waals surface area contributed by atoms with E-state index in [9.17, 15) is 0 Å². The van der Waals surface area contributed by atoms with Crippen molar-refractivity contribution < 1.29 is 0 Å². The Balaban J connectivity index is 1.94. The molecule has 1 atom stereocenters. The van der Waals surface area contributed by atoms with Gasteiger partial charge in [-0.05, 0) is 36.8 Å². The lowest BCUT2D eigenvalue weighted by molar-refractivity contribution is 0.591. The maximum absolute atomic E-state index is 5.98. The second kappa shape index (κ2) is 3.23. The minimum atomic E-state index is 0.356. The summed E-state index contributed by atoms with van der Waals surface area (Å²) in [6.45, 7) is 0. The van der Waals surface area contributed by atoms with Gasteiger partial charge >= 0.3 is 0 Å². The first-order valence-electron chi connectivity index (χ1n) is 4.51. The zero-order chi connectivity index (χ0) is 8.39. The van der Waals surface area contributed by atoms with Crippen LogP contribution < -0.4 is 5.73 Å². The maximum Gasteiger partial charge on any atom is 0.0300 e. The van der Waals surface area contributed by atoms with Crippen LogP contribution in [0.2, 0.25) is 0 Å². The van der Waals surface area contributed by atoms with Crippen molar-refractivity contribution in [3.8, 4) is 0 Å². The van der Waals surface area contributed by atoms with E-state index in [2.05, 4.69) is 11.1 Å². The zero-order valence-corrected chi connectivity index (χ0v) is 7.11. The minimum absolute atomic E-state index is 0.356. The van der Waals surface area contributed by atoms with E-state index >= 15 is 0 Å². The number of rotatable bonds is 3. The van der Waals surface area contributed by atoms with E-state index in [0.717, 1.165) is 12.3 Å². The summed E-state index contributed by atoms with van der Waals surface area (Å²) in [6.07, 6.45) is 7.33. The lowest BCUT2D eigenvalue weighted by atomic mass is 10.1. The molecule has 0 spiro atoms. The van der Waals surface area contributed by atoms with E-state index in [1.165, 1.54) is 18.4 Å². The smallest absolute Gasteiger partial charge is 0.0300 e. The van der Waals surface area contributed by atoms with Gasteiger partial charge in [-0.2, -0.15) is 0 Å². The average molecular weight is 162 g/mol. The molecule has 64 valence electrons. The second-order valence-corrected chi connectivity index (χ2v) is 3.57. The summed E-state index contributed by atoms with van der Waals surface area (Å²) >= 11 is 0. The van der Waals surface area contributed by atoms with Crippen molar-refractivity contribution in [3.63, 3.8) is 0 Å². The Morgan fingerprint density at radius 1 is 1.58 bits per heavy atom. The summed E-state index contributed by atoms with van der Waals surface area (Å²) in [7, 11) is 0. The second-order valence-electron chi connectivity index (χ2n) is 3.57. The first-order chi connectivity index (χ1) is 5.86. The summed E-state index contributed by atoms with van der Waals surface area (Å²) in [6, 6.07) is 4.42.